The van der Waals surface area contributed by atoms with Gasteiger partial charge in [-0.3, -0.25) is 4.40 Å². The van der Waals surface area contributed by atoms with Crippen molar-refractivity contribution in [2.24, 2.45) is 0 Å². The van der Waals surface area contributed by atoms with E-state index >= 15 is 0 Å². The van der Waals surface area contributed by atoms with E-state index in [9.17, 15) is 0 Å². The summed E-state index contributed by atoms with van der Waals surface area (Å²) < 4.78 is 5.62. The van der Waals surface area contributed by atoms with Gasteiger partial charge in [-0.05, 0) is 43.3 Å². The number of hydrogen-bond donors (Lipinski definition) is 0. The largest absolute Gasteiger partial charge is 0.304 e. The SMILES string of the molecule is Cc1c(-c2cccc(-c3nc4ccccc4c4nc5sc6ccccc6n5c34)c2)nc2ccccn12. The maximum atomic E-state index is 5.20. The van der Waals surface area contributed by atoms with Crippen molar-refractivity contribution >= 4 is 54.1 Å². The normalized spacial score (nSPS) is 12.0. The molecule has 0 fully saturated rings. The molecule has 0 aliphatic rings. The highest BCUT2D eigenvalue weighted by Crippen LogP contribution is 2.38. The van der Waals surface area contributed by atoms with E-state index in [-0.39, 0.29) is 0 Å². The Hall–Kier alpha value is -4.55. The van der Waals surface area contributed by atoms with Crippen LogP contribution in [0.1, 0.15) is 5.69 Å². The van der Waals surface area contributed by atoms with Crippen molar-refractivity contribution in [1.82, 2.24) is 23.8 Å². The summed E-state index contributed by atoms with van der Waals surface area (Å²) in [4.78, 5) is 16.2. The molecule has 6 heteroatoms. The molecule has 0 atom stereocenters. The fraction of sp³-hybridized carbons (Fsp3) is 0.0333. The molecule has 0 aliphatic carbocycles. The number of pyridine rings is 2. The highest BCUT2D eigenvalue weighted by Gasteiger charge is 2.20. The number of aryl methyl sites for hydroxylation is 1. The van der Waals surface area contributed by atoms with Crippen LogP contribution in [-0.4, -0.2) is 23.8 Å². The lowest BCUT2D eigenvalue weighted by Crippen LogP contribution is -1.93. The number of imidazole rings is 2. The van der Waals surface area contributed by atoms with E-state index in [1.165, 1.54) is 4.70 Å². The lowest BCUT2D eigenvalue weighted by Gasteiger charge is -2.09. The number of para-hydroxylation sites is 2. The number of thiazole rings is 1. The fourth-order valence-corrected chi connectivity index (χ4v) is 6.30. The van der Waals surface area contributed by atoms with Crippen molar-refractivity contribution in [3.05, 3.63) is 103 Å². The molecule has 0 unspecified atom stereocenters. The van der Waals surface area contributed by atoms with Crippen molar-refractivity contribution in [3.8, 4) is 22.5 Å². The van der Waals surface area contributed by atoms with E-state index in [1.54, 1.807) is 11.3 Å². The molecule has 5 aromatic heterocycles. The minimum Gasteiger partial charge on any atom is -0.304 e. The van der Waals surface area contributed by atoms with Gasteiger partial charge in [-0.2, -0.15) is 0 Å². The van der Waals surface area contributed by atoms with Crippen molar-refractivity contribution < 1.29 is 0 Å². The fourth-order valence-electron chi connectivity index (χ4n) is 5.28. The number of nitrogens with zero attached hydrogens (tertiary/aromatic N) is 5. The Balaban J connectivity index is 1.46. The summed E-state index contributed by atoms with van der Waals surface area (Å²) in [5.41, 5.74) is 10.3. The first-order valence-electron chi connectivity index (χ1n) is 11.9. The van der Waals surface area contributed by atoms with Gasteiger partial charge in [-0.1, -0.05) is 65.9 Å². The second kappa shape index (κ2) is 7.23. The van der Waals surface area contributed by atoms with E-state index in [0.717, 1.165) is 66.3 Å². The van der Waals surface area contributed by atoms with E-state index < -0.39 is 0 Å². The van der Waals surface area contributed by atoms with Crippen LogP contribution in [0.25, 0.3) is 65.3 Å². The molecular weight excluding hydrogens is 462 g/mol. The standard InChI is InChI=1S/C30H19N5S/c1-18-26(32-25-15-6-7-16-34(18)25)19-9-8-10-20(17-19)27-29-28(21-11-2-3-12-22(21)31-27)33-30-35(29)23-13-4-5-14-24(23)36-30/h2-17H,1H3. The van der Waals surface area contributed by atoms with Gasteiger partial charge in [0.25, 0.3) is 0 Å². The summed E-state index contributed by atoms with van der Waals surface area (Å²) in [6.45, 7) is 2.12. The molecular formula is C30H19N5S. The van der Waals surface area contributed by atoms with Crippen molar-refractivity contribution in [3.63, 3.8) is 0 Å². The average molecular weight is 482 g/mol. The summed E-state index contributed by atoms with van der Waals surface area (Å²) in [7, 11) is 0. The Morgan fingerprint density at radius 1 is 0.722 bits per heavy atom. The third-order valence-corrected chi connectivity index (χ3v) is 7.97. The summed E-state index contributed by atoms with van der Waals surface area (Å²) in [6.07, 6.45) is 2.06. The first kappa shape index (κ1) is 19.7. The zero-order valence-corrected chi connectivity index (χ0v) is 20.2. The molecule has 5 heterocycles. The van der Waals surface area contributed by atoms with Gasteiger partial charge in [0.2, 0.25) is 0 Å². The molecule has 8 rings (SSSR count). The Kier molecular flexibility index (Phi) is 3.96. The van der Waals surface area contributed by atoms with Crippen LogP contribution < -0.4 is 0 Å². The third-order valence-electron chi connectivity index (χ3n) is 6.95. The van der Waals surface area contributed by atoms with Crippen molar-refractivity contribution in [2.45, 2.75) is 6.92 Å². The molecule has 0 saturated heterocycles. The van der Waals surface area contributed by atoms with Crippen molar-refractivity contribution in [1.29, 1.82) is 0 Å². The predicted octanol–water partition coefficient (Wildman–Crippen LogP) is 7.54. The number of hydrogen-bond acceptors (Lipinski definition) is 4. The molecule has 5 nitrogen and oxygen atoms in total. The summed E-state index contributed by atoms with van der Waals surface area (Å²) in [6, 6.07) is 31.4. The van der Waals surface area contributed by atoms with Crippen LogP contribution in [-0.2, 0) is 0 Å². The monoisotopic (exact) mass is 481 g/mol. The van der Waals surface area contributed by atoms with Gasteiger partial charge in [0.1, 0.15) is 16.7 Å². The first-order valence-corrected chi connectivity index (χ1v) is 12.7. The van der Waals surface area contributed by atoms with Crippen LogP contribution in [0.4, 0.5) is 0 Å². The Labute approximate surface area is 209 Å². The highest BCUT2D eigenvalue weighted by atomic mass is 32.1. The van der Waals surface area contributed by atoms with E-state index in [2.05, 4.69) is 88.7 Å². The molecule has 8 aromatic rings. The molecule has 0 amide bonds. The maximum absolute atomic E-state index is 5.20. The number of rotatable bonds is 2. The Bertz CT molecular complexity index is 2120. The second-order valence-corrected chi connectivity index (χ2v) is 10.0. The molecule has 0 aliphatic heterocycles. The lowest BCUT2D eigenvalue weighted by molar-refractivity contribution is 1.11. The van der Waals surface area contributed by atoms with Gasteiger partial charge in [0.05, 0.1) is 27.1 Å². The molecule has 170 valence electrons. The van der Waals surface area contributed by atoms with Gasteiger partial charge in [-0.15, -0.1) is 0 Å². The number of fused-ring (bicyclic) bond motifs is 8. The quantitative estimate of drug-likeness (QED) is 0.256. The van der Waals surface area contributed by atoms with Crippen LogP contribution in [0.3, 0.4) is 0 Å². The van der Waals surface area contributed by atoms with Crippen LogP contribution in [0.5, 0.6) is 0 Å². The average Bonchev–Trinajstić information content (AvgIpc) is 3.58. The topological polar surface area (TPSA) is 47.5 Å². The minimum atomic E-state index is 0.933. The Morgan fingerprint density at radius 3 is 2.44 bits per heavy atom. The van der Waals surface area contributed by atoms with Gasteiger partial charge in [0.15, 0.2) is 4.96 Å². The molecule has 0 N–H and O–H groups in total. The Morgan fingerprint density at radius 2 is 1.53 bits per heavy atom. The van der Waals surface area contributed by atoms with Crippen LogP contribution in [0.15, 0.2) is 97.2 Å². The van der Waals surface area contributed by atoms with E-state index in [1.807, 2.05) is 24.3 Å². The number of aromatic nitrogens is 5. The van der Waals surface area contributed by atoms with Crippen LogP contribution in [0.2, 0.25) is 0 Å². The molecule has 3 aromatic carbocycles. The van der Waals surface area contributed by atoms with Crippen molar-refractivity contribution in [2.75, 3.05) is 0 Å². The van der Waals surface area contributed by atoms with Crippen LogP contribution in [0, 0.1) is 6.92 Å². The van der Waals surface area contributed by atoms with Gasteiger partial charge in [0, 0.05) is 28.4 Å². The summed E-state index contributed by atoms with van der Waals surface area (Å²) in [5, 5.41) is 1.07. The van der Waals surface area contributed by atoms with Gasteiger partial charge in [-0.25, -0.2) is 15.0 Å². The van der Waals surface area contributed by atoms with Crippen LogP contribution >= 0.6 is 11.3 Å². The predicted molar refractivity (Wildman–Crippen MR) is 148 cm³/mol. The lowest BCUT2D eigenvalue weighted by atomic mass is 10.0. The maximum Gasteiger partial charge on any atom is 0.195 e. The minimum absolute atomic E-state index is 0.933. The first-order chi connectivity index (χ1) is 17.8. The zero-order valence-electron chi connectivity index (χ0n) is 19.4. The molecule has 0 radical (unpaired) electrons. The highest BCUT2D eigenvalue weighted by molar-refractivity contribution is 7.23. The summed E-state index contributed by atoms with van der Waals surface area (Å²) >= 11 is 1.72. The smallest absolute Gasteiger partial charge is 0.195 e. The van der Waals surface area contributed by atoms with Gasteiger partial charge < -0.3 is 4.40 Å². The molecule has 0 bridgehead atoms. The van der Waals surface area contributed by atoms with E-state index in [0.29, 0.717) is 0 Å². The molecule has 36 heavy (non-hydrogen) atoms. The second-order valence-electron chi connectivity index (χ2n) is 9.03. The van der Waals surface area contributed by atoms with Gasteiger partial charge >= 0.3 is 0 Å². The van der Waals surface area contributed by atoms with E-state index in [4.69, 9.17) is 15.0 Å². The molecule has 0 spiro atoms. The molecule has 0 saturated carbocycles. The number of benzene rings is 3. The third kappa shape index (κ3) is 2.67. The summed E-state index contributed by atoms with van der Waals surface area (Å²) in [5.74, 6) is 0. The zero-order chi connectivity index (χ0) is 23.8.